The molecule has 0 N–H and O–H groups in total. The predicted octanol–water partition coefficient (Wildman–Crippen LogP) is 2.28. The van der Waals surface area contributed by atoms with Crippen LogP contribution in [0.3, 0.4) is 0 Å². The van der Waals surface area contributed by atoms with Gasteiger partial charge < -0.3 is 4.90 Å². The van der Waals surface area contributed by atoms with E-state index in [1.165, 1.54) is 12.1 Å². The van der Waals surface area contributed by atoms with Gasteiger partial charge in [0, 0.05) is 13.1 Å². The average Bonchev–Trinajstić information content (AvgIpc) is 2.71. The Hall–Kier alpha value is -0.960. The number of hydrogen-bond donors (Lipinski definition) is 0. The van der Waals surface area contributed by atoms with Crippen molar-refractivity contribution in [1.29, 1.82) is 0 Å². The Balaban J connectivity index is 2.17. The molecule has 0 spiro atoms. The lowest BCUT2D eigenvalue weighted by molar-refractivity contribution is 0.259. The molecule has 24 heavy (non-hydrogen) atoms. The summed E-state index contributed by atoms with van der Waals surface area (Å²) < 4.78 is 50.9. The standard InChI is InChI=1S/C16H26N2O4S2/c1-3-5-11-17(12-6-4-2)13-14-18-23(19,20)15-9-7-8-10-16(15)24(18,21)22/h7-10H,3-6,11-14H2,1-2H3. The minimum absolute atomic E-state index is 0.0349. The van der Waals surface area contributed by atoms with E-state index >= 15 is 0 Å². The van der Waals surface area contributed by atoms with Crippen molar-refractivity contribution >= 4 is 20.0 Å². The van der Waals surface area contributed by atoms with Gasteiger partial charge in [-0.1, -0.05) is 42.5 Å². The van der Waals surface area contributed by atoms with Crippen LogP contribution in [0.2, 0.25) is 0 Å². The normalized spacial score (nSPS) is 18.8. The zero-order valence-corrected chi connectivity index (χ0v) is 15.9. The zero-order valence-electron chi connectivity index (χ0n) is 14.3. The summed E-state index contributed by atoms with van der Waals surface area (Å²) in [7, 11) is -7.94. The highest BCUT2D eigenvalue weighted by molar-refractivity contribution is 8.06. The monoisotopic (exact) mass is 374 g/mol. The summed E-state index contributed by atoms with van der Waals surface area (Å²) in [4.78, 5) is 1.93. The first-order valence-corrected chi connectivity index (χ1v) is 11.3. The molecule has 0 saturated heterocycles. The molecular weight excluding hydrogens is 348 g/mol. The molecule has 1 aliphatic heterocycles. The van der Waals surface area contributed by atoms with Gasteiger partial charge in [-0.3, -0.25) is 0 Å². The second kappa shape index (κ2) is 7.95. The number of unbranched alkanes of at least 4 members (excludes halogenated alkanes) is 2. The van der Waals surface area contributed by atoms with Crippen molar-refractivity contribution in [1.82, 2.24) is 8.61 Å². The number of fused-ring (bicyclic) bond motifs is 1. The molecular formula is C16H26N2O4S2. The van der Waals surface area contributed by atoms with E-state index in [1.54, 1.807) is 12.1 Å². The molecule has 0 aliphatic carbocycles. The molecule has 0 bridgehead atoms. The first-order valence-electron chi connectivity index (χ1n) is 8.45. The molecule has 1 aromatic carbocycles. The minimum Gasteiger partial charge on any atom is -0.302 e. The largest absolute Gasteiger partial charge is 0.302 e. The Morgan fingerprint density at radius 2 is 1.29 bits per heavy atom. The molecule has 2 rings (SSSR count). The maximum Gasteiger partial charge on any atom is 0.257 e. The summed E-state index contributed by atoms with van der Waals surface area (Å²) in [5, 5.41) is 0. The van der Waals surface area contributed by atoms with Gasteiger partial charge in [-0.05, 0) is 38.1 Å². The van der Waals surface area contributed by atoms with Gasteiger partial charge >= 0.3 is 0 Å². The fraction of sp³-hybridized carbons (Fsp3) is 0.625. The van der Waals surface area contributed by atoms with Crippen molar-refractivity contribution in [3.8, 4) is 0 Å². The average molecular weight is 375 g/mol. The molecule has 0 fully saturated rings. The third kappa shape index (κ3) is 3.82. The lowest BCUT2D eigenvalue weighted by Gasteiger charge is -2.24. The predicted molar refractivity (Wildman–Crippen MR) is 93.8 cm³/mol. The highest BCUT2D eigenvalue weighted by Crippen LogP contribution is 2.35. The van der Waals surface area contributed by atoms with Crippen molar-refractivity contribution in [3.05, 3.63) is 24.3 Å². The molecule has 136 valence electrons. The molecule has 8 heteroatoms. The Bertz CT molecular complexity index is 699. The van der Waals surface area contributed by atoms with Gasteiger partial charge in [0.15, 0.2) is 0 Å². The van der Waals surface area contributed by atoms with Crippen LogP contribution >= 0.6 is 0 Å². The van der Waals surface area contributed by atoms with Gasteiger partial charge in [-0.25, -0.2) is 16.8 Å². The third-order valence-corrected chi connectivity index (χ3v) is 8.76. The molecule has 6 nitrogen and oxygen atoms in total. The van der Waals surface area contributed by atoms with Crippen LogP contribution in [-0.4, -0.2) is 51.6 Å². The zero-order chi connectivity index (χ0) is 17.8. The van der Waals surface area contributed by atoms with E-state index in [0.29, 0.717) is 10.3 Å². The van der Waals surface area contributed by atoms with Crippen LogP contribution in [-0.2, 0) is 20.0 Å². The Kier molecular flexibility index (Phi) is 6.41. The van der Waals surface area contributed by atoms with Crippen molar-refractivity contribution in [2.75, 3.05) is 26.2 Å². The van der Waals surface area contributed by atoms with Gasteiger partial charge in [0.05, 0.1) is 0 Å². The lowest BCUT2D eigenvalue weighted by atomic mass is 10.2. The van der Waals surface area contributed by atoms with Crippen molar-refractivity contribution in [2.45, 2.75) is 49.3 Å². The molecule has 0 aromatic heterocycles. The van der Waals surface area contributed by atoms with Gasteiger partial charge in [0.25, 0.3) is 20.0 Å². The first-order chi connectivity index (χ1) is 11.4. The second-order valence-electron chi connectivity index (χ2n) is 6.00. The SMILES string of the molecule is CCCCN(CCCC)CCN1S(=O)(=O)c2ccccc2S1(=O)=O. The highest BCUT2D eigenvalue weighted by Gasteiger charge is 2.46. The summed E-state index contributed by atoms with van der Waals surface area (Å²) in [6.07, 6.45) is 4.13. The van der Waals surface area contributed by atoms with E-state index in [2.05, 4.69) is 18.7 Å². The molecule has 1 heterocycles. The summed E-state index contributed by atoms with van der Waals surface area (Å²) in [5.74, 6) is 0. The molecule has 0 amide bonds. The van der Waals surface area contributed by atoms with Crippen LogP contribution in [0.4, 0.5) is 0 Å². The lowest BCUT2D eigenvalue weighted by Crippen LogP contribution is -2.39. The summed E-state index contributed by atoms with van der Waals surface area (Å²) in [6.45, 7) is 6.31. The quantitative estimate of drug-likeness (QED) is 0.663. The molecule has 0 atom stereocenters. The van der Waals surface area contributed by atoms with E-state index in [9.17, 15) is 16.8 Å². The molecule has 0 radical (unpaired) electrons. The van der Waals surface area contributed by atoms with E-state index in [1.807, 2.05) is 0 Å². The fourth-order valence-electron chi connectivity index (χ4n) is 2.79. The molecule has 1 aromatic rings. The Morgan fingerprint density at radius 1 is 0.833 bits per heavy atom. The second-order valence-corrected chi connectivity index (χ2v) is 9.89. The summed E-state index contributed by atoms with van der Waals surface area (Å²) >= 11 is 0. The van der Waals surface area contributed by atoms with Gasteiger partial charge in [-0.15, -0.1) is 0 Å². The number of sulfonamides is 2. The molecule has 1 aliphatic rings. The summed E-state index contributed by atoms with van der Waals surface area (Å²) in [6, 6.07) is 5.80. The van der Waals surface area contributed by atoms with Crippen molar-refractivity contribution < 1.29 is 16.8 Å². The van der Waals surface area contributed by atoms with Crippen LogP contribution in [0.1, 0.15) is 39.5 Å². The Labute approximate surface area is 145 Å². The van der Waals surface area contributed by atoms with Crippen LogP contribution < -0.4 is 0 Å². The van der Waals surface area contributed by atoms with Gasteiger partial charge in [-0.2, -0.15) is 0 Å². The maximum absolute atomic E-state index is 12.6. The minimum atomic E-state index is -3.97. The topological polar surface area (TPSA) is 74.8 Å². The number of benzene rings is 1. The summed E-state index contributed by atoms with van der Waals surface area (Å²) in [5.41, 5.74) is 0. The van der Waals surface area contributed by atoms with Gasteiger partial charge in [0.1, 0.15) is 9.79 Å². The van der Waals surface area contributed by atoms with Crippen LogP contribution in [0, 0.1) is 0 Å². The highest BCUT2D eigenvalue weighted by atomic mass is 32.3. The van der Waals surface area contributed by atoms with Crippen LogP contribution in [0.15, 0.2) is 34.1 Å². The molecule has 0 saturated carbocycles. The number of rotatable bonds is 9. The van der Waals surface area contributed by atoms with E-state index in [4.69, 9.17) is 0 Å². The third-order valence-electron chi connectivity index (χ3n) is 4.20. The van der Waals surface area contributed by atoms with E-state index in [-0.39, 0.29) is 16.3 Å². The van der Waals surface area contributed by atoms with Crippen LogP contribution in [0.25, 0.3) is 0 Å². The number of nitrogens with zero attached hydrogens (tertiary/aromatic N) is 2. The van der Waals surface area contributed by atoms with E-state index < -0.39 is 20.0 Å². The maximum atomic E-state index is 12.6. The van der Waals surface area contributed by atoms with Crippen molar-refractivity contribution in [3.63, 3.8) is 0 Å². The van der Waals surface area contributed by atoms with Crippen LogP contribution in [0.5, 0.6) is 0 Å². The number of hydrogen-bond acceptors (Lipinski definition) is 5. The van der Waals surface area contributed by atoms with E-state index in [0.717, 1.165) is 38.8 Å². The van der Waals surface area contributed by atoms with Gasteiger partial charge in [0.2, 0.25) is 0 Å². The first kappa shape index (κ1) is 19.4. The van der Waals surface area contributed by atoms with Crippen molar-refractivity contribution in [2.24, 2.45) is 0 Å². The Morgan fingerprint density at radius 3 is 1.71 bits per heavy atom. The fourth-order valence-corrected chi connectivity index (χ4v) is 7.16. The smallest absolute Gasteiger partial charge is 0.257 e. The molecule has 0 unspecified atom stereocenters.